The largest absolute Gasteiger partial charge is 0.489 e. The number of hydrogen-bond acceptors (Lipinski definition) is 2. The lowest BCUT2D eigenvalue weighted by molar-refractivity contribution is -0.113. The van der Waals surface area contributed by atoms with E-state index in [1.165, 1.54) is 5.56 Å². The Bertz CT molecular complexity index is 1060. The molecule has 0 spiro atoms. The molecule has 0 atom stereocenters. The molecule has 3 heteroatoms. The standard InChI is InChI=1S/C27H27NO2/c1-19(2)17-28-26-7-5-4-6-24(26)25(27(28)29)16-21-12-14-23(15-13-21)30-18-22-10-8-20(3)9-11-22/h4-16,19H,17-18H2,1-3H3/b25-16-. The van der Waals surface area contributed by atoms with Crippen LogP contribution in [-0.4, -0.2) is 12.5 Å². The summed E-state index contributed by atoms with van der Waals surface area (Å²) in [7, 11) is 0. The van der Waals surface area contributed by atoms with Crippen LogP contribution in [0.25, 0.3) is 11.6 Å². The molecule has 3 aromatic rings. The molecule has 152 valence electrons. The quantitative estimate of drug-likeness (QED) is 0.469. The molecule has 3 aromatic carbocycles. The fourth-order valence-electron chi connectivity index (χ4n) is 3.67. The molecule has 1 aliphatic rings. The molecule has 0 saturated heterocycles. The van der Waals surface area contributed by atoms with E-state index in [-0.39, 0.29) is 5.91 Å². The zero-order chi connectivity index (χ0) is 21.1. The van der Waals surface area contributed by atoms with Crippen LogP contribution >= 0.6 is 0 Å². The van der Waals surface area contributed by atoms with Gasteiger partial charge in [-0.3, -0.25) is 4.79 Å². The Morgan fingerprint density at radius 1 is 0.933 bits per heavy atom. The van der Waals surface area contributed by atoms with Gasteiger partial charge in [0.25, 0.3) is 5.91 Å². The van der Waals surface area contributed by atoms with Crippen molar-refractivity contribution in [2.45, 2.75) is 27.4 Å². The molecule has 4 rings (SSSR count). The molecular weight excluding hydrogens is 370 g/mol. The number of para-hydroxylation sites is 1. The van der Waals surface area contributed by atoms with Crippen molar-refractivity contribution >= 4 is 23.2 Å². The number of fused-ring (bicyclic) bond motifs is 1. The van der Waals surface area contributed by atoms with Crippen LogP contribution in [0.5, 0.6) is 5.75 Å². The molecule has 0 aliphatic carbocycles. The maximum atomic E-state index is 13.1. The van der Waals surface area contributed by atoms with Crippen LogP contribution in [0.15, 0.2) is 72.8 Å². The van der Waals surface area contributed by atoms with Crippen molar-refractivity contribution in [3.05, 3.63) is 95.1 Å². The summed E-state index contributed by atoms with van der Waals surface area (Å²) < 4.78 is 5.90. The predicted molar refractivity (Wildman–Crippen MR) is 123 cm³/mol. The Balaban J connectivity index is 1.51. The maximum absolute atomic E-state index is 13.1. The van der Waals surface area contributed by atoms with E-state index in [1.807, 2.05) is 59.5 Å². The van der Waals surface area contributed by atoms with E-state index < -0.39 is 0 Å². The number of carbonyl (C=O) groups excluding carboxylic acids is 1. The summed E-state index contributed by atoms with van der Waals surface area (Å²) >= 11 is 0. The Morgan fingerprint density at radius 3 is 2.33 bits per heavy atom. The number of rotatable bonds is 6. The smallest absolute Gasteiger partial charge is 0.259 e. The van der Waals surface area contributed by atoms with E-state index in [4.69, 9.17) is 4.74 Å². The highest BCUT2D eigenvalue weighted by atomic mass is 16.5. The molecule has 0 saturated carbocycles. The van der Waals surface area contributed by atoms with Gasteiger partial charge in [-0.1, -0.05) is 74.0 Å². The highest BCUT2D eigenvalue weighted by Crippen LogP contribution is 2.38. The van der Waals surface area contributed by atoms with Crippen LogP contribution < -0.4 is 9.64 Å². The van der Waals surface area contributed by atoms with Crippen molar-refractivity contribution in [2.24, 2.45) is 5.92 Å². The topological polar surface area (TPSA) is 29.5 Å². The molecule has 0 bridgehead atoms. The van der Waals surface area contributed by atoms with Crippen LogP contribution in [0.4, 0.5) is 5.69 Å². The summed E-state index contributed by atoms with van der Waals surface area (Å²) in [6, 6.07) is 24.3. The molecule has 1 aliphatic heterocycles. The third-order valence-electron chi connectivity index (χ3n) is 5.23. The fraction of sp³-hybridized carbons (Fsp3) is 0.222. The van der Waals surface area contributed by atoms with Gasteiger partial charge in [-0.05, 0) is 48.2 Å². The molecule has 0 radical (unpaired) electrons. The van der Waals surface area contributed by atoms with Gasteiger partial charge in [0.05, 0.1) is 5.69 Å². The van der Waals surface area contributed by atoms with Crippen LogP contribution in [0.1, 0.15) is 36.1 Å². The molecule has 0 N–H and O–H groups in total. The van der Waals surface area contributed by atoms with Crippen LogP contribution in [0.3, 0.4) is 0 Å². The summed E-state index contributed by atoms with van der Waals surface area (Å²) in [6.45, 7) is 7.60. The minimum atomic E-state index is 0.0737. The molecule has 1 amide bonds. The molecule has 0 fully saturated rings. The number of aryl methyl sites for hydroxylation is 1. The maximum Gasteiger partial charge on any atom is 0.259 e. The van der Waals surface area contributed by atoms with Crippen molar-refractivity contribution in [2.75, 3.05) is 11.4 Å². The van der Waals surface area contributed by atoms with Gasteiger partial charge < -0.3 is 9.64 Å². The number of benzene rings is 3. The lowest BCUT2D eigenvalue weighted by atomic mass is 10.0. The van der Waals surface area contributed by atoms with Crippen molar-refractivity contribution in [3.63, 3.8) is 0 Å². The molecular formula is C27H27NO2. The van der Waals surface area contributed by atoms with Gasteiger partial charge in [0, 0.05) is 17.7 Å². The van der Waals surface area contributed by atoms with Gasteiger partial charge in [0.2, 0.25) is 0 Å². The Morgan fingerprint density at radius 2 is 1.63 bits per heavy atom. The number of hydrogen-bond donors (Lipinski definition) is 0. The number of ether oxygens (including phenoxy) is 1. The lowest BCUT2D eigenvalue weighted by Gasteiger charge is -2.19. The highest BCUT2D eigenvalue weighted by molar-refractivity contribution is 6.35. The minimum Gasteiger partial charge on any atom is -0.489 e. The second kappa shape index (κ2) is 8.58. The average Bonchev–Trinajstić information content (AvgIpc) is 3.00. The Labute approximate surface area is 178 Å². The first-order valence-corrected chi connectivity index (χ1v) is 10.4. The second-order valence-electron chi connectivity index (χ2n) is 8.23. The fourth-order valence-corrected chi connectivity index (χ4v) is 3.67. The van der Waals surface area contributed by atoms with E-state index in [9.17, 15) is 4.79 Å². The van der Waals surface area contributed by atoms with E-state index in [0.29, 0.717) is 12.5 Å². The number of anilines is 1. The lowest BCUT2D eigenvalue weighted by Crippen LogP contribution is -2.30. The van der Waals surface area contributed by atoms with Crippen molar-refractivity contribution in [1.82, 2.24) is 0 Å². The SMILES string of the molecule is Cc1ccc(COc2ccc(/C=C3\C(=O)N(CC(C)C)c4ccccc43)cc2)cc1. The van der Waals surface area contributed by atoms with Crippen LogP contribution in [0.2, 0.25) is 0 Å². The summed E-state index contributed by atoms with van der Waals surface area (Å²) in [5.74, 6) is 1.30. The molecule has 3 nitrogen and oxygen atoms in total. The normalized spacial score (nSPS) is 14.5. The van der Waals surface area contributed by atoms with Gasteiger partial charge >= 0.3 is 0 Å². The third-order valence-corrected chi connectivity index (χ3v) is 5.23. The summed E-state index contributed by atoms with van der Waals surface area (Å²) in [6.07, 6.45) is 1.98. The zero-order valence-electron chi connectivity index (χ0n) is 17.8. The number of amides is 1. The van der Waals surface area contributed by atoms with Crippen LogP contribution in [-0.2, 0) is 11.4 Å². The highest BCUT2D eigenvalue weighted by Gasteiger charge is 2.32. The molecule has 30 heavy (non-hydrogen) atoms. The molecule has 0 unspecified atom stereocenters. The van der Waals surface area contributed by atoms with E-state index in [2.05, 4.69) is 45.0 Å². The zero-order valence-corrected chi connectivity index (χ0v) is 17.8. The number of carbonyl (C=O) groups is 1. The van der Waals surface area contributed by atoms with E-state index in [0.717, 1.165) is 40.2 Å². The number of nitrogens with zero attached hydrogens (tertiary/aromatic N) is 1. The van der Waals surface area contributed by atoms with Gasteiger partial charge in [0.1, 0.15) is 12.4 Å². The first-order valence-electron chi connectivity index (χ1n) is 10.4. The van der Waals surface area contributed by atoms with Crippen molar-refractivity contribution in [3.8, 4) is 5.75 Å². The average molecular weight is 398 g/mol. The minimum absolute atomic E-state index is 0.0737. The van der Waals surface area contributed by atoms with Crippen molar-refractivity contribution in [1.29, 1.82) is 0 Å². The summed E-state index contributed by atoms with van der Waals surface area (Å²) in [5, 5.41) is 0. The first kappa shape index (κ1) is 20.0. The molecule has 0 aromatic heterocycles. The van der Waals surface area contributed by atoms with Crippen molar-refractivity contribution < 1.29 is 9.53 Å². The Kier molecular flexibility index (Phi) is 5.71. The second-order valence-corrected chi connectivity index (χ2v) is 8.23. The predicted octanol–water partition coefficient (Wildman–Crippen LogP) is 6.12. The van der Waals surface area contributed by atoms with Gasteiger partial charge in [0.15, 0.2) is 0 Å². The van der Waals surface area contributed by atoms with Gasteiger partial charge in [-0.15, -0.1) is 0 Å². The third kappa shape index (κ3) is 4.30. The van der Waals surface area contributed by atoms with E-state index in [1.54, 1.807) is 0 Å². The monoisotopic (exact) mass is 397 g/mol. The van der Waals surface area contributed by atoms with Crippen LogP contribution in [0, 0.1) is 12.8 Å². The summed E-state index contributed by atoms with van der Waals surface area (Å²) in [5.41, 5.74) is 6.13. The van der Waals surface area contributed by atoms with Gasteiger partial charge in [-0.2, -0.15) is 0 Å². The first-order chi connectivity index (χ1) is 14.5. The van der Waals surface area contributed by atoms with Gasteiger partial charge in [-0.25, -0.2) is 0 Å². The Hall–Kier alpha value is -3.33. The molecule has 1 heterocycles. The van der Waals surface area contributed by atoms with E-state index >= 15 is 0 Å². The summed E-state index contributed by atoms with van der Waals surface area (Å²) in [4.78, 5) is 15.0.